The van der Waals surface area contributed by atoms with E-state index < -0.39 is 5.54 Å². The van der Waals surface area contributed by atoms with Crippen molar-refractivity contribution >= 4 is 5.91 Å². The van der Waals surface area contributed by atoms with Crippen molar-refractivity contribution < 1.29 is 4.79 Å². The molecule has 1 amide bonds. The molecule has 0 unspecified atom stereocenters. The Balaban J connectivity index is 1.73. The molecule has 0 bridgehead atoms. The van der Waals surface area contributed by atoms with Gasteiger partial charge < -0.3 is 16.0 Å². The molecule has 4 heteroatoms. The number of piperidine rings is 1. The first kappa shape index (κ1) is 15.8. The lowest BCUT2D eigenvalue weighted by molar-refractivity contribution is -0.128. The Labute approximate surface area is 123 Å². The van der Waals surface area contributed by atoms with Crippen LogP contribution in [0.4, 0.5) is 0 Å². The van der Waals surface area contributed by atoms with Gasteiger partial charge in [-0.1, -0.05) is 32.6 Å². The number of nitrogens with zero attached hydrogens (tertiary/aromatic N) is 1. The topological polar surface area (TPSA) is 58.4 Å². The minimum atomic E-state index is -0.586. The SMILES string of the molecule is CCCCN1CCC(NC(=O)C2(N)CCCCC2)CC1. The molecule has 3 N–H and O–H groups in total. The maximum Gasteiger partial charge on any atom is 0.240 e. The van der Waals surface area contributed by atoms with Crippen LogP contribution in [0.5, 0.6) is 0 Å². The second-order valence-corrected chi connectivity index (χ2v) is 6.66. The van der Waals surface area contributed by atoms with E-state index in [0.29, 0.717) is 6.04 Å². The van der Waals surface area contributed by atoms with Crippen LogP contribution >= 0.6 is 0 Å². The first-order valence-electron chi connectivity index (χ1n) is 8.46. The highest BCUT2D eigenvalue weighted by Gasteiger charge is 2.36. The smallest absolute Gasteiger partial charge is 0.240 e. The van der Waals surface area contributed by atoms with Crippen LogP contribution in [0.15, 0.2) is 0 Å². The molecule has 1 heterocycles. The van der Waals surface area contributed by atoms with Gasteiger partial charge >= 0.3 is 0 Å². The highest BCUT2D eigenvalue weighted by Crippen LogP contribution is 2.26. The monoisotopic (exact) mass is 281 g/mol. The minimum Gasteiger partial charge on any atom is -0.352 e. The second-order valence-electron chi connectivity index (χ2n) is 6.66. The Morgan fingerprint density at radius 1 is 1.25 bits per heavy atom. The Bertz CT molecular complexity index is 305. The summed E-state index contributed by atoms with van der Waals surface area (Å²) in [5.74, 6) is 0.101. The predicted octanol–water partition coefficient (Wildman–Crippen LogP) is 2.03. The molecule has 0 aromatic carbocycles. The third-order valence-corrected chi connectivity index (χ3v) is 4.95. The molecular formula is C16H31N3O. The Hall–Kier alpha value is -0.610. The summed E-state index contributed by atoms with van der Waals surface area (Å²) >= 11 is 0. The van der Waals surface area contributed by atoms with E-state index in [4.69, 9.17) is 5.73 Å². The van der Waals surface area contributed by atoms with Crippen molar-refractivity contribution in [2.45, 2.75) is 76.3 Å². The Morgan fingerprint density at radius 2 is 1.90 bits per heavy atom. The first-order chi connectivity index (χ1) is 9.64. The summed E-state index contributed by atoms with van der Waals surface area (Å²) in [6.07, 6.45) is 9.82. The number of unbranched alkanes of at least 4 members (excludes halogenated alkanes) is 1. The molecule has 2 rings (SSSR count). The van der Waals surface area contributed by atoms with Gasteiger partial charge in [0.1, 0.15) is 0 Å². The number of hydrogen-bond acceptors (Lipinski definition) is 3. The molecule has 2 fully saturated rings. The Morgan fingerprint density at radius 3 is 2.50 bits per heavy atom. The molecule has 1 aliphatic heterocycles. The van der Waals surface area contributed by atoms with Gasteiger partial charge in [-0.05, 0) is 38.6 Å². The van der Waals surface area contributed by atoms with Gasteiger partial charge in [-0.3, -0.25) is 4.79 Å². The van der Waals surface area contributed by atoms with E-state index in [1.165, 1.54) is 25.8 Å². The van der Waals surface area contributed by atoms with Crippen LogP contribution in [0.2, 0.25) is 0 Å². The standard InChI is InChI=1S/C16H31N3O/c1-2-3-11-19-12-7-14(8-13-19)18-15(20)16(17)9-5-4-6-10-16/h14H,2-13,17H2,1H3,(H,18,20). The fourth-order valence-electron chi connectivity index (χ4n) is 3.42. The maximum absolute atomic E-state index is 12.4. The molecule has 116 valence electrons. The van der Waals surface area contributed by atoms with Gasteiger partial charge in [-0.15, -0.1) is 0 Å². The zero-order valence-corrected chi connectivity index (χ0v) is 13.0. The van der Waals surface area contributed by atoms with E-state index in [1.54, 1.807) is 0 Å². The van der Waals surface area contributed by atoms with E-state index in [-0.39, 0.29) is 5.91 Å². The second kappa shape index (κ2) is 7.41. The lowest BCUT2D eigenvalue weighted by Crippen LogP contribution is -2.58. The van der Waals surface area contributed by atoms with Gasteiger partial charge in [-0.25, -0.2) is 0 Å². The zero-order chi connectivity index (χ0) is 14.4. The van der Waals surface area contributed by atoms with E-state index in [1.807, 2.05) is 0 Å². The number of nitrogens with one attached hydrogen (secondary N) is 1. The molecule has 0 atom stereocenters. The summed E-state index contributed by atoms with van der Waals surface area (Å²) in [4.78, 5) is 14.9. The normalized spacial score (nSPS) is 24.5. The molecular weight excluding hydrogens is 250 g/mol. The number of carbonyl (C=O) groups is 1. The number of hydrogen-bond donors (Lipinski definition) is 2. The quantitative estimate of drug-likeness (QED) is 0.810. The van der Waals surface area contributed by atoms with Crippen LogP contribution in [0.3, 0.4) is 0 Å². The first-order valence-corrected chi connectivity index (χ1v) is 8.46. The van der Waals surface area contributed by atoms with Gasteiger partial charge in [0.2, 0.25) is 5.91 Å². The van der Waals surface area contributed by atoms with Crippen molar-refractivity contribution in [3.8, 4) is 0 Å². The highest BCUT2D eigenvalue weighted by atomic mass is 16.2. The predicted molar refractivity (Wildman–Crippen MR) is 82.5 cm³/mol. The lowest BCUT2D eigenvalue weighted by Gasteiger charge is -2.36. The number of amides is 1. The molecule has 1 saturated heterocycles. The molecule has 1 aliphatic carbocycles. The maximum atomic E-state index is 12.4. The minimum absolute atomic E-state index is 0.101. The van der Waals surface area contributed by atoms with E-state index in [2.05, 4.69) is 17.1 Å². The molecule has 0 spiro atoms. The lowest BCUT2D eigenvalue weighted by atomic mass is 9.81. The molecule has 1 saturated carbocycles. The van der Waals surface area contributed by atoms with Crippen LogP contribution in [0.25, 0.3) is 0 Å². The van der Waals surface area contributed by atoms with Crippen molar-refractivity contribution in [2.24, 2.45) is 5.73 Å². The van der Waals surface area contributed by atoms with Crippen molar-refractivity contribution in [3.63, 3.8) is 0 Å². The van der Waals surface area contributed by atoms with Gasteiger partial charge in [0.25, 0.3) is 0 Å². The number of rotatable bonds is 5. The fourth-order valence-corrected chi connectivity index (χ4v) is 3.42. The third-order valence-electron chi connectivity index (χ3n) is 4.95. The van der Waals surface area contributed by atoms with E-state index in [0.717, 1.165) is 51.6 Å². The highest BCUT2D eigenvalue weighted by molar-refractivity contribution is 5.86. The average molecular weight is 281 g/mol. The fraction of sp³-hybridized carbons (Fsp3) is 0.938. The summed E-state index contributed by atoms with van der Waals surface area (Å²) in [6, 6.07) is 0.336. The van der Waals surface area contributed by atoms with Crippen LogP contribution < -0.4 is 11.1 Å². The summed E-state index contributed by atoms with van der Waals surface area (Å²) in [5.41, 5.74) is 5.70. The van der Waals surface area contributed by atoms with Crippen molar-refractivity contribution in [2.75, 3.05) is 19.6 Å². The third kappa shape index (κ3) is 4.19. The van der Waals surface area contributed by atoms with Crippen molar-refractivity contribution in [3.05, 3.63) is 0 Å². The van der Waals surface area contributed by atoms with E-state index in [9.17, 15) is 4.79 Å². The number of likely N-dealkylation sites (tertiary alicyclic amines) is 1. The molecule has 20 heavy (non-hydrogen) atoms. The van der Waals surface area contributed by atoms with Crippen molar-refractivity contribution in [1.82, 2.24) is 10.2 Å². The molecule has 0 aromatic heterocycles. The Kier molecular flexibility index (Phi) is 5.85. The van der Waals surface area contributed by atoms with Crippen LogP contribution in [-0.4, -0.2) is 42.0 Å². The van der Waals surface area contributed by atoms with E-state index >= 15 is 0 Å². The summed E-state index contributed by atoms with van der Waals surface area (Å²) < 4.78 is 0. The summed E-state index contributed by atoms with van der Waals surface area (Å²) in [6.45, 7) is 5.67. The average Bonchev–Trinajstić information content (AvgIpc) is 2.47. The molecule has 0 radical (unpaired) electrons. The van der Waals surface area contributed by atoms with Crippen molar-refractivity contribution in [1.29, 1.82) is 0 Å². The van der Waals surface area contributed by atoms with Gasteiger partial charge in [0, 0.05) is 19.1 Å². The summed E-state index contributed by atoms with van der Waals surface area (Å²) in [7, 11) is 0. The summed E-state index contributed by atoms with van der Waals surface area (Å²) in [5, 5.41) is 3.22. The van der Waals surface area contributed by atoms with Gasteiger partial charge in [0.15, 0.2) is 0 Å². The molecule has 4 nitrogen and oxygen atoms in total. The van der Waals surface area contributed by atoms with Crippen LogP contribution in [0.1, 0.15) is 64.7 Å². The number of carbonyl (C=O) groups excluding carboxylic acids is 1. The van der Waals surface area contributed by atoms with Gasteiger partial charge in [0.05, 0.1) is 5.54 Å². The molecule has 2 aliphatic rings. The number of nitrogens with two attached hydrogens (primary N) is 1. The van der Waals surface area contributed by atoms with Crippen LogP contribution in [-0.2, 0) is 4.79 Å². The zero-order valence-electron chi connectivity index (χ0n) is 13.0. The molecule has 0 aromatic rings. The van der Waals surface area contributed by atoms with Gasteiger partial charge in [-0.2, -0.15) is 0 Å². The van der Waals surface area contributed by atoms with Crippen LogP contribution in [0, 0.1) is 0 Å². The largest absolute Gasteiger partial charge is 0.352 e.